The third-order valence-corrected chi connectivity index (χ3v) is 3.99. The van der Waals surface area contributed by atoms with E-state index < -0.39 is 5.92 Å². The fraction of sp³-hybridized carbons (Fsp3) is 0.312. The zero-order valence-electron chi connectivity index (χ0n) is 12.4. The summed E-state index contributed by atoms with van der Waals surface area (Å²) in [6.45, 7) is 0.518. The van der Waals surface area contributed by atoms with Gasteiger partial charge in [-0.05, 0) is 17.7 Å². The third kappa shape index (κ3) is 2.72. The van der Waals surface area contributed by atoms with Crippen molar-refractivity contribution in [3.05, 3.63) is 47.8 Å². The van der Waals surface area contributed by atoms with Crippen molar-refractivity contribution < 1.29 is 9.59 Å². The van der Waals surface area contributed by atoms with Crippen LogP contribution in [0, 0.1) is 0 Å². The van der Waals surface area contributed by atoms with Gasteiger partial charge in [-0.3, -0.25) is 14.7 Å². The molecule has 1 aliphatic rings. The minimum absolute atomic E-state index is 0.0348. The molecule has 2 amide bonds. The van der Waals surface area contributed by atoms with Crippen LogP contribution in [0.25, 0.3) is 0 Å². The fourth-order valence-corrected chi connectivity index (χ4v) is 2.74. The van der Waals surface area contributed by atoms with Crippen molar-refractivity contribution in [1.29, 1.82) is 0 Å². The molecular weight excluding hydrogens is 280 g/mol. The van der Waals surface area contributed by atoms with Gasteiger partial charge in [-0.25, -0.2) is 0 Å². The van der Waals surface area contributed by atoms with Crippen molar-refractivity contribution in [3.8, 4) is 0 Å². The number of benzene rings is 1. The molecule has 0 saturated heterocycles. The second-order valence-electron chi connectivity index (χ2n) is 5.39. The van der Waals surface area contributed by atoms with Crippen LogP contribution in [0.2, 0.25) is 0 Å². The number of carbonyl (C=O) groups is 2. The second kappa shape index (κ2) is 6.01. The van der Waals surface area contributed by atoms with E-state index in [4.69, 9.17) is 0 Å². The van der Waals surface area contributed by atoms with Crippen LogP contribution in [-0.2, 0) is 16.0 Å². The lowest BCUT2D eigenvalue weighted by Gasteiger charge is -2.30. The average Bonchev–Trinajstić information content (AvgIpc) is 3.04. The number of H-pyrrole nitrogens is 1. The largest absolute Gasteiger partial charge is 0.355 e. The number of rotatable bonds is 4. The van der Waals surface area contributed by atoms with E-state index in [9.17, 15) is 9.59 Å². The molecule has 2 heterocycles. The van der Waals surface area contributed by atoms with E-state index in [1.165, 1.54) is 0 Å². The van der Waals surface area contributed by atoms with Gasteiger partial charge in [0.05, 0.1) is 5.92 Å². The molecule has 6 nitrogen and oxygen atoms in total. The average molecular weight is 298 g/mol. The molecule has 1 atom stereocenters. The van der Waals surface area contributed by atoms with Gasteiger partial charge < -0.3 is 10.2 Å². The molecule has 114 valence electrons. The van der Waals surface area contributed by atoms with Gasteiger partial charge in [0.1, 0.15) is 0 Å². The maximum absolute atomic E-state index is 12.4. The summed E-state index contributed by atoms with van der Waals surface area (Å²) in [6, 6.07) is 9.43. The maximum Gasteiger partial charge on any atom is 0.228 e. The zero-order chi connectivity index (χ0) is 15.5. The van der Waals surface area contributed by atoms with Crippen LogP contribution >= 0.6 is 0 Å². The molecule has 0 fully saturated rings. The van der Waals surface area contributed by atoms with Gasteiger partial charge in [0.2, 0.25) is 11.8 Å². The molecule has 3 rings (SSSR count). The molecule has 0 bridgehead atoms. The Kier molecular flexibility index (Phi) is 3.91. The van der Waals surface area contributed by atoms with E-state index in [2.05, 4.69) is 15.5 Å². The molecule has 2 aromatic rings. The second-order valence-corrected chi connectivity index (χ2v) is 5.39. The highest BCUT2D eigenvalue weighted by molar-refractivity contribution is 6.02. The Labute approximate surface area is 128 Å². The van der Waals surface area contributed by atoms with E-state index in [0.29, 0.717) is 13.0 Å². The first-order chi connectivity index (χ1) is 10.7. The molecule has 0 radical (unpaired) electrons. The number of aromatic nitrogens is 2. The van der Waals surface area contributed by atoms with Crippen LogP contribution in [0.4, 0.5) is 5.69 Å². The number of fused-ring (bicyclic) bond motifs is 1. The number of amides is 2. The van der Waals surface area contributed by atoms with Gasteiger partial charge in [0, 0.05) is 44.0 Å². The Balaban J connectivity index is 1.69. The van der Waals surface area contributed by atoms with Crippen molar-refractivity contribution in [1.82, 2.24) is 15.5 Å². The molecule has 0 unspecified atom stereocenters. The summed E-state index contributed by atoms with van der Waals surface area (Å²) < 4.78 is 0. The Morgan fingerprint density at radius 3 is 3.00 bits per heavy atom. The van der Waals surface area contributed by atoms with Gasteiger partial charge in [0.15, 0.2) is 0 Å². The minimum Gasteiger partial charge on any atom is -0.355 e. The molecule has 0 saturated carbocycles. The van der Waals surface area contributed by atoms with Gasteiger partial charge >= 0.3 is 0 Å². The smallest absolute Gasteiger partial charge is 0.228 e. The lowest BCUT2D eigenvalue weighted by atomic mass is 9.89. The third-order valence-electron chi connectivity index (χ3n) is 3.99. The number of nitrogens with one attached hydrogen (secondary N) is 2. The number of nitrogens with zero attached hydrogens (tertiary/aromatic N) is 2. The SMILES string of the molecule is CN1C(=O)C[C@@H](C(=O)NCCc2ccn[nH]2)c2ccccc21. The molecule has 1 aliphatic heterocycles. The maximum atomic E-state index is 12.4. The lowest BCUT2D eigenvalue weighted by Crippen LogP contribution is -2.39. The van der Waals surface area contributed by atoms with E-state index in [0.717, 1.165) is 16.9 Å². The predicted octanol–water partition coefficient (Wildman–Crippen LogP) is 1.22. The molecule has 6 heteroatoms. The van der Waals surface area contributed by atoms with Gasteiger partial charge in [-0.2, -0.15) is 5.10 Å². The van der Waals surface area contributed by atoms with E-state index in [1.807, 2.05) is 30.3 Å². The first-order valence-corrected chi connectivity index (χ1v) is 7.28. The first kappa shape index (κ1) is 14.3. The summed E-state index contributed by atoms with van der Waals surface area (Å²) in [5, 5.41) is 9.64. The van der Waals surface area contributed by atoms with Crippen LogP contribution in [-0.4, -0.2) is 35.6 Å². The highest BCUT2D eigenvalue weighted by Crippen LogP contribution is 2.34. The molecule has 0 spiro atoms. The summed E-state index contributed by atoms with van der Waals surface area (Å²) in [7, 11) is 1.74. The van der Waals surface area contributed by atoms with Crippen LogP contribution in [0.3, 0.4) is 0 Å². The minimum atomic E-state index is -0.415. The quantitative estimate of drug-likeness (QED) is 0.891. The van der Waals surface area contributed by atoms with Crippen molar-refractivity contribution in [2.75, 3.05) is 18.5 Å². The normalized spacial score (nSPS) is 17.2. The fourth-order valence-electron chi connectivity index (χ4n) is 2.74. The number of hydrogen-bond acceptors (Lipinski definition) is 3. The number of para-hydroxylation sites is 1. The number of anilines is 1. The Morgan fingerprint density at radius 2 is 2.23 bits per heavy atom. The Morgan fingerprint density at radius 1 is 1.41 bits per heavy atom. The number of hydrogen-bond donors (Lipinski definition) is 2. The van der Waals surface area contributed by atoms with Crippen LogP contribution < -0.4 is 10.2 Å². The Bertz CT molecular complexity index is 681. The van der Waals surface area contributed by atoms with E-state index in [1.54, 1.807) is 18.1 Å². The van der Waals surface area contributed by atoms with Crippen LogP contribution in [0.1, 0.15) is 23.6 Å². The summed E-state index contributed by atoms with van der Waals surface area (Å²) in [6.07, 6.45) is 2.58. The molecule has 0 aliphatic carbocycles. The van der Waals surface area contributed by atoms with E-state index >= 15 is 0 Å². The van der Waals surface area contributed by atoms with Gasteiger partial charge in [-0.15, -0.1) is 0 Å². The monoisotopic (exact) mass is 298 g/mol. The van der Waals surface area contributed by atoms with E-state index in [-0.39, 0.29) is 18.2 Å². The molecule has 22 heavy (non-hydrogen) atoms. The van der Waals surface area contributed by atoms with Gasteiger partial charge in [-0.1, -0.05) is 18.2 Å². The predicted molar refractivity (Wildman–Crippen MR) is 82.5 cm³/mol. The summed E-state index contributed by atoms with van der Waals surface area (Å²) in [5.74, 6) is -0.553. The van der Waals surface area contributed by atoms with Crippen molar-refractivity contribution >= 4 is 17.5 Å². The van der Waals surface area contributed by atoms with Crippen LogP contribution in [0.5, 0.6) is 0 Å². The summed E-state index contributed by atoms with van der Waals surface area (Å²) >= 11 is 0. The Hall–Kier alpha value is -2.63. The summed E-state index contributed by atoms with van der Waals surface area (Å²) in [4.78, 5) is 26.1. The highest BCUT2D eigenvalue weighted by Gasteiger charge is 2.33. The first-order valence-electron chi connectivity index (χ1n) is 7.28. The number of aromatic amines is 1. The van der Waals surface area contributed by atoms with Crippen molar-refractivity contribution in [3.63, 3.8) is 0 Å². The molecule has 2 N–H and O–H groups in total. The van der Waals surface area contributed by atoms with Gasteiger partial charge in [0.25, 0.3) is 0 Å². The van der Waals surface area contributed by atoms with Crippen molar-refractivity contribution in [2.24, 2.45) is 0 Å². The standard InChI is InChI=1S/C16H18N4O2/c1-20-14-5-3-2-4-12(14)13(10-15(20)21)16(22)17-8-6-11-7-9-18-19-11/h2-5,7,9,13H,6,8,10H2,1H3,(H,17,22)(H,18,19)/t13-/m1/s1. The summed E-state index contributed by atoms with van der Waals surface area (Å²) in [5.41, 5.74) is 2.69. The van der Waals surface area contributed by atoms with Crippen LogP contribution in [0.15, 0.2) is 36.5 Å². The lowest BCUT2D eigenvalue weighted by molar-refractivity contribution is -0.127. The van der Waals surface area contributed by atoms with Crippen molar-refractivity contribution in [2.45, 2.75) is 18.8 Å². The zero-order valence-corrected chi connectivity index (χ0v) is 12.4. The molecule has 1 aromatic heterocycles. The highest BCUT2D eigenvalue weighted by atomic mass is 16.2. The topological polar surface area (TPSA) is 78.1 Å². The number of carbonyl (C=O) groups excluding carboxylic acids is 2. The molecule has 1 aromatic carbocycles. The molecular formula is C16H18N4O2.